The molecule has 1 aliphatic carbocycles. The number of carboxylic acids is 1. The molecule has 2 fully saturated rings. The third-order valence-corrected chi connectivity index (χ3v) is 11.1. The van der Waals surface area contributed by atoms with E-state index in [0.29, 0.717) is 24.3 Å². The SMILES string of the molecule is CC(=O)O[C@H](C[C@H](C(C)C)N(C)C(=O)C1(NC(=O)[C@H]2CCCCN2C)CCC1)c1nc(C(=O)NC(Cc2ccccc2)CC(C)C(=O)O)cs1. The molecule has 4 rings (SSSR count). The molecule has 1 aliphatic heterocycles. The first-order valence-corrected chi connectivity index (χ1v) is 18.6. The number of thiazole rings is 1. The number of aliphatic carboxylic acids is 1. The van der Waals surface area contributed by atoms with Crippen molar-refractivity contribution in [2.24, 2.45) is 11.8 Å². The third kappa shape index (κ3) is 9.90. The minimum atomic E-state index is -0.963. The van der Waals surface area contributed by atoms with E-state index in [-0.39, 0.29) is 48.4 Å². The van der Waals surface area contributed by atoms with E-state index in [1.54, 1.807) is 24.3 Å². The summed E-state index contributed by atoms with van der Waals surface area (Å²) in [5.74, 6) is -2.87. The van der Waals surface area contributed by atoms with E-state index in [2.05, 4.69) is 20.5 Å². The topological polar surface area (TPSA) is 158 Å². The molecule has 3 N–H and O–H groups in total. The number of aromatic nitrogens is 1. The van der Waals surface area contributed by atoms with Gasteiger partial charge in [-0.1, -0.05) is 57.5 Å². The molecule has 5 atom stereocenters. The van der Waals surface area contributed by atoms with Crippen LogP contribution in [-0.4, -0.2) is 93.9 Å². The summed E-state index contributed by atoms with van der Waals surface area (Å²) in [7, 11) is 3.69. The molecule has 12 nitrogen and oxygen atoms in total. The number of esters is 1. The van der Waals surface area contributed by atoms with Crippen LogP contribution in [0.15, 0.2) is 35.7 Å². The summed E-state index contributed by atoms with van der Waals surface area (Å²) in [5.41, 5.74) is 0.138. The van der Waals surface area contributed by atoms with Gasteiger partial charge in [0.2, 0.25) is 11.8 Å². The first-order valence-electron chi connectivity index (χ1n) is 17.7. The summed E-state index contributed by atoms with van der Waals surface area (Å²) in [6.45, 7) is 7.76. The van der Waals surface area contributed by atoms with Crippen molar-refractivity contribution < 1.29 is 33.8 Å². The number of nitrogens with zero attached hydrogens (tertiary/aromatic N) is 3. The molecule has 0 radical (unpaired) electrons. The largest absolute Gasteiger partial charge is 0.481 e. The Labute approximate surface area is 299 Å². The van der Waals surface area contributed by atoms with E-state index < -0.39 is 41.4 Å². The number of hydrogen-bond donors (Lipinski definition) is 3. The molecule has 1 aromatic heterocycles. The van der Waals surface area contributed by atoms with Crippen LogP contribution in [0, 0.1) is 11.8 Å². The van der Waals surface area contributed by atoms with Gasteiger partial charge < -0.3 is 25.4 Å². The van der Waals surface area contributed by atoms with Crippen LogP contribution in [0.5, 0.6) is 0 Å². The molecule has 2 unspecified atom stereocenters. The maximum absolute atomic E-state index is 14.2. The van der Waals surface area contributed by atoms with E-state index >= 15 is 0 Å². The Hall–Kier alpha value is -3.84. The van der Waals surface area contributed by atoms with Gasteiger partial charge in [0.1, 0.15) is 16.2 Å². The van der Waals surface area contributed by atoms with Crippen LogP contribution < -0.4 is 10.6 Å². The van der Waals surface area contributed by atoms with Gasteiger partial charge in [0.25, 0.3) is 5.91 Å². The highest BCUT2D eigenvalue weighted by Crippen LogP contribution is 2.37. The molecular formula is C37H53N5O7S. The summed E-state index contributed by atoms with van der Waals surface area (Å²) in [5, 5.41) is 17.7. The van der Waals surface area contributed by atoms with Crippen molar-refractivity contribution in [3.63, 3.8) is 0 Å². The fourth-order valence-electron chi connectivity index (χ4n) is 7.05. The number of nitrogens with one attached hydrogen (secondary N) is 2. The smallest absolute Gasteiger partial charge is 0.306 e. The molecule has 13 heteroatoms. The molecule has 1 saturated heterocycles. The van der Waals surface area contributed by atoms with Crippen molar-refractivity contribution in [2.75, 3.05) is 20.6 Å². The first-order chi connectivity index (χ1) is 23.7. The van der Waals surface area contributed by atoms with Crippen LogP contribution >= 0.6 is 11.3 Å². The van der Waals surface area contributed by atoms with Crippen molar-refractivity contribution in [1.82, 2.24) is 25.4 Å². The Balaban J connectivity index is 1.49. The normalized spacial score (nSPS) is 19.7. The number of likely N-dealkylation sites (N-methyl/N-ethyl adjacent to an activating group) is 2. The van der Waals surface area contributed by atoms with Crippen LogP contribution in [0.1, 0.15) is 106 Å². The lowest BCUT2D eigenvalue weighted by Gasteiger charge is -2.47. The number of piperidine rings is 1. The molecule has 0 spiro atoms. The van der Waals surface area contributed by atoms with Crippen LogP contribution in [0.2, 0.25) is 0 Å². The average Bonchev–Trinajstić information content (AvgIpc) is 3.55. The molecule has 1 saturated carbocycles. The predicted molar refractivity (Wildman–Crippen MR) is 190 cm³/mol. The van der Waals surface area contributed by atoms with E-state index in [1.807, 2.05) is 51.2 Å². The highest BCUT2D eigenvalue weighted by molar-refractivity contribution is 7.09. The van der Waals surface area contributed by atoms with Crippen LogP contribution in [-0.2, 0) is 30.3 Å². The fourth-order valence-corrected chi connectivity index (χ4v) is 7.89. The summed E-state index contributed by atoms with van der Waals surface area (Å²) >= 11 is 1.19. The molecule has 0 bridgehead atoms. The number of carbonyl (C=O) groups is 5. The predicted octanol–water partition coefficient (Wildman–Crippen LogP) is 4.60. The average molecular weight is 712 g/mol. The molecular weight excluding hydrogens is 659 g/mol. The first kappa shape index (κ1) is 39.0. The number of hydrogen-bond acceptors (Lipinski definition) is 9. The highest BCUT2D eigenvalue weighted by atomic mass is 32.1. The van der Waals surface area contributed by atoms with Crippen LogP contribution in [0.3, 0.4) is 0 Å². The zero-order valence-corrected chi connectivity index (χ0v) is 31.0. The number of carboxylic acid groups (broad SMARTS) is 1. The second kappa shape index (κ2) is 17.4. The lowest BCUT2D eigenvalue weighted by atomic mass is 9.74. The van der Waals surface area contributed by atoms with Crippen LogP contribution in [0.25, 0.3) is 0 Å². The van der Waals surface area contributed by atoms with Gasteiger partial charge in [0.15, 0.2) is 6.10 Å². The minimum absolute atomic E-state index is 0.0305. The van der Waals surface area contributed by atoms with Gasteiger partial charge in [0.05, 0.1) is 12.0 Å². The number of carbonyl (C=O) groups excluding carboxylic acids is 4. The van der Waals surface area contributed by atoms with Crippen molar-refractivity contribution in [3.05, 3.63) is 52.0 Å². The molecule has 2 heterocycles. The van der Waals surface area contributed by atoms with Gasteiger partial charge in [-0.2, -0.15) is 0 Å². The monoisotopic (exact) mass is 711 g/mol. The van der Waals surface area contributed by atoms with E-state index in [0.717, 1.165) is 37.8 Å². The summed E-state index contributed by atoms with van der Waals surface area (Å²) in [6, 6.07) is 8.47. The van der Waals surface area contributed by atoms with Crippen LogP contribution in [0.4, 0.5) is 0 Å². The zero-order chi connectivity index (χ0) is 36.6. The van der Waals surface area contributed by atoms with Gasteiger partial charge in [-0.25, -0.2) is 4.98 Å². The number of likely N-dealkylation sites (tertiary alicyclic amines) is 1. The molecule has 3 amide bonds. The van der Waals surface area contributed by atoms with E-state index in [4.69, 9.17) is 4.74 Å². The van der Waals surface area contributed by atoms with Gasteiger partial charge in [-0.3, -0.25) is 28.9 Å². The fraction of sp³-hybridized carbons (Fsp3) is 0.622. The van der Waals surface area contributed by atoms with Gasteiger partial charge in [0, 0.05) is 37.9 Å². The Kier molecular flexibility index (Phi) is 13.5. The molecule has 50 heavy (non-hydrogen) atoms. The lowest BCUT2D eigenvalue weighted by Crippen LogP contribution is -2.66. The maximum Gasteiger partial charge on any atom is 0.306 e. The molecule has 2 aliphatic rings. The second-order valence-electron chi connectivity index (χ2n) is 14.4. The minimum Gasteiger partial charge on any atom is -0.481 e. The number of rotatable bonds is 16. The Bertz CT molecular complexity index is 1490. The second-order valence-corrected chi connectivity index (χ2v) is 15.3. The summed E-state index contributed by atoms with van der Waals surface area (Å²) in [6.07, 6.45) is 4.89. The number of benzene rings is 1. The Morgan fingerprint density at radius 2 is 1.78 bits per heavy atom. The molecule has 2 aromatic rings. The molecule has 1 aromatic carbocycles. The van der Waals surface area contributed by atoms with Gasteiger partial charge >= 0.3 is 11.9 Å². The van der Waals surface area contributed by atoms with E-state index in [9.17, 15) is 29.1 Å². The summed E-state index contributed by atoms with van der Waals surface area (Å²) in [4.78, 5) is 73.2. The quantitative estimate of drug-likeness (QED) is 0.212. The molecule has 274 valence electrons. The summed E-state index contributed by atoms with van der Waals surface area (Å²) < 4.78 is 5.76. The van der Waals surface area contributed by atoms with Crippen molar-refractivity contribution in [3.8, 4) is 0 Å². The van der Waals surface area contributed by atoms with Gasteiger partial charge in [-0.15, -0.1) is 11.3 Å². The maximum atomic E-state index is 14.2. The number of amides is 3. The van der Waals surface area contributed by atoms with Crippen molar-refractivity contribution in [2.45, 2.75) is 115 Å². The van der Waals surface area contributed by atoms with E-state index in [1.165, 1.54) is 18.3 Å². The standard InChI is InChI=1S/C37H53N5O7S/c1-23(2)30(42(6)36(48)37(16-12-17-37)40-33(45)29-15-10-11-18-41(29)5)21-31(49-25(4)43)34-39-28(22-50-34)32(44)38-27(19-24(3)35(46)47)20-26-13-8-7-9-14-26/h7-9,13-14,22-24,27,29-31H,10-12,15-21H2,1-6H3,(H,38,44)(H,40,45)(H,46,47)/t24?,27?,29-,30-,31-/m1/s1. The third-order valence-electron chi connectivity index (χ3n) is 10.2. The Morgan fingerprint density at radius 1 is 1.08 bits per heavy atom. The number of ether oxygens (including phenoxy) is 1. The Morgan fingerprint density at radius 3 is 2.36 bits per heavy atom. The zero-order valence-electron chi connectivity index (χ0n) is 30.1. The van der Waals surface area contributed by atoms with Crippen molar-refractivity contribution in [1.29, 1.82) is 0 Å². The highest BCUT2D eigenvalue weighted by Gasteiger charge is 2.49. The van der Waals surface area contributed by atoms with Crippen molar-refractivity contribution >= 4 is 41.0 Å². The lowest BCUT2D eigenvalue weighted by molar-refractivity contribution is -0.152. The van der Waals surface area contributed by atoms with Gasteiger partial charge in [-0.05, 0) is 70.0 Å².